The first kappa shape index (κ1) is 20.7. The molecule has 1 aromatic carbocycles. The molecule has 0 saturated carbocycles. The lowest BCUT2D eigenvalue weighted by molar-refractivity contribution is -0.385. The highest BCUT2D eigenvalue weighted by Gasteiger charge is 2.20. The summed E-state index contributed by atoms with van der Waals surface area (Å²) in [6.07, 6.45) is -1.15. The number of esters is 2. The molecule has 0 spiro atoms. The van der Waals surface area contributed by atoms with Gasteiger partial charge in [-0.05, 0) is 13.0 Å². The van der Waals surface area contributed by atoms with Crippen LogP contribution in [-0.2, 0) is 23.9 Å². The largest absolute Gasteiger partial charge is 0.490 e. The van der Waals surface area contributed by atoms with Gasteiger partial charge in [0.15, 0.2) is 12.7 Å². The van der Waals surface area contributed by atoms with Gasteiger partial charge in [-0.15, -0.1) is 0 Å². The lowest BCUT2D eigenvalue weighted by Crippen LogP contribution is -2.39. The van der Waals surface area contributed by atoms with Crippen molar-refractivity contribution in [1.29, 1.82) is 0 Å². The van der Waals surface area contributed by atoms with Gasteiger partial charge in [-0.1, -0.05) is 0 Å². The number of nitro benzene ring substituents is 1. The Morgan fingerprint density at radius 3 is 2.50 bits per heavy atom. The number of carbonyl (C=O) groups excluding carboxylic acids is 3. The fraction of sp³-hybridized carbons (Fsp3) is 0.400. The van der Waals surface area contributed by atoms with E-state index in [1.54, 1.807) is 0 Å². The quantitative estimate of drug-likeness (QED) is 0.366. The summed E-state index contributed by atoms with van der Waals surface area (Å²) < 4.78 is 19.2. The number of hydrogen-bond acceptors (Lipinski definition) is 9. The first-order chi connectivity index (χ1) is 12.3. The molecule has 1 rings (SSSR count). The second-order valence-electron chi connectivity index (χ2n) is 4.81. The van der Waals surface area contributed by atoms with E-state index in [9.17, 15) is 24.5 Å². The predicted octanol–water partition coefficient (Wildman–Crippen LogP) is 0.203. The molecular formula is C15H18N2O9. The second kappa shape index (κ2) is 9.81. The average molecular weight is 370 g/mol. The van der Waals surface area contributed by atoms with Gasteiger partial charge in [-0.3, -0.25) is 19.7 Å². The number of amides is 1. The second-order valence-corrected chi connectivity index (χ2v) is 4.81. The van der Waals surface area contributed by atoms with Crippen LogP contribution in [-0.4, -0.2) is 56.2 Å². The monoisotopic (exact) mass is 370 g/mol. The van der Waals surface area contributed by atoms with Crippen molar-refractivity contribution in [1.82, 2.24) is 5.32 Å². The molecule has 0 saturated heterocycles. The van der Waals surface area contributed by atoms with E-state index in [1.165, 1.54) is 39.3 Å². The van der Waals surface area contributed by atoms with Crippen molar-refractivity contribution >= 4 is 23.5 Å². The van der Waals surface area contributed by atoms with Gasteiger partial charge in [0, 0.05) is 12.1 Å². The maximum absolute atomic E-state index is 11.7. The Morgan fingerprint density at radius 2 is 1.92 bits per heavy atom. The number of ether oxygens (including phenoxy) is 4. The van der Waals surface area contributed by atoms with Crippen LogP contribution in [0.1, 0.15) is 6.92 Å². The predicted molar refractivity (Wildman–Crippen MR) is 85.7 cm³/mol. The normalized spacial score (nSPS) is 11.0. The molecule has 11 heteroatoms. The fourth-order valence-electron chi connectivity index (χ4n) is 1.70. The summed E-state index contributed by atoms with van der Waals surface area (Å²) in [6.45, 7) is 0.436. The van der Waals surface area contributed by atoms with Crippen molar-refractivity contribution in [3.63, 3.8) is 0 Å². The Hall–Kier alpha value is -3.37. The third kappa shape index (κ3) is 6.26. The summed E-state index contributed by atoms with van der Waals surface area (Å²) in [7, 11) is 2.43. The zero-order valence-corrected chi connectivity index (χ0v) is 14.3. The van der Waals surface area contributed by atoms with E-state index in [0.29, 0.717) is 0 Å². The van der Waals surface area contributed by atoms with Crippen LogP contribution in [0.15, 0.2) is 18.2 Å². The lowest BCUT2D eigenvalue weighted by atomic mass is 10.3. The minimum atomic E-state index is -1.15. The topological polar surface area (TPSA) is 143 Å². The highest BCUT2D eigenvalue weighted by atomic mass is 16.6. The van der Waals surface area contributed by atoms with E-state index in [0.717, 1.165) is 0 Å². The number of hydrogen-bond donors (Lipinski definition) is 1. The molecule has 1 N–H and O–H groups in total. The summed E-state index contributed by atoms with van der Waals surface area (Å²) in [5.74, 6) is -2.06. The molecule has 1 amide bonds. The van der Waals surface area contributed by atoms with Crippen molar-refractivity contribution in [3.8, 4) is 11.5 Å². The minimum Gasteiger partial charge on any atom is -0.490 e. The Balaban J connectivity index is 2.52. The third-order valence-electron chi connectivity index (χ3n) is 3.02. The van der Waals surface area contributed by atoms with Crippen molar-refractivity contribution < 1.29 is 38.3 Å². The SMILES string of the molecule is COC(=O)CNC(=O)C(C)OC(=O)COc1ccc([N+](=O)[O-])c(OC)c1. The molecule has 11 nitrogen and oxygen atoms in total. The van der Waals surface area contributed by atoms with Gasteiger partial charge < -0.3 is 24.3 Å². The number of benzene rings is 1. The highest BCUT2D eigenvalue weighted by Crippen LogP contribution is 2.30. The zero-order chi connectivity index (χ0) is 19.7. The summed E-state index contributed by atoms with van der Waals surface area (Å²) in [5.41, 5.74) is -0.252. The van der Waals surface area contributed by atoms with Gasteiger partial charge in [0.05, 0.1) is 19.1 Å². The maximum Gasteiger partial charge on any atom is 0.344 e. The van der Waals surface area contributed by atoms with E-state index in [-0.39, 0.29) is 23.7 Å². The van der Waals surface area contributed by atoms with Gasteiger partial charge in [0.1, 0.15) is 12.3 Å². The van der Waals surface area contributed by atoms with Crippen molar-refractivity contribution in [2.45, 2.75) is 13.0 Å². The minimum absolute atomic E-state index is 0.0311. The molecule has 0 aliphatic carbocycles. The van der Waals surface area contributed by atoms with E-state index >= 15 is 0 Å². The van der Waals surface area contributed by atoms with Gasteiger partial charge >= 0.3 is 17.6 Å². The molecule has 0 aromatic heterocycles. The van der Waals surface area contributed by atoms with Crippen LogP contribution < -0.4 is 14.8 Å². The molecule has 26 heavy (non-hydrogen) atoms. The number of rotatable bonds is 9. The van der Waals surface area contributed by atoms with Gasteiger partial charge in [-0.2, -0.15) is 0 Å². The standard InChI is InChI=1S/C15H18N2O9/c1-9(15(20)16-7-13(18)24-3)26-14(19)8-25-10-4-5-11(17(21)22)12(6-10)23-2/h4-6,9H,7-8H2,1-3H3,(H,16,20). The summed E-state index contributed by atoms with van der Waals surface area (Å²) in [6, 6.07) is 3.71. The van der Waals surface area contributed by atoms with Gasteiger partial charge in [0.2, 0.25) is 5.75 Å². The van der Waals surface area contributed by atoms with Crippen LogP contribution in [0, 0.1) is 10.1 Å². The Kier molecular flexibility index (Phi) is 7.80. The van der Waals surface area contributed by atoms with Crippen LogP contribution in [0.25, 0.3) is 0 Å². The smallest absolute Gasteiger partial charge is 0.344 e. The maximum atomic E-state index is 11.7. The number of nitro groups is 1. The molecule has 0 aliphatic rings. The van der Waals surface area contributed by atoms with Crippen LogP contribution in [0.5, 0.6) is 11.5 Å². The number of carbonyl (C=O) groups is 3. The van der Waals surface area contributed by atoms with E-state index in [4.69, 9.17) is 14.2 Å². The van der Waals surface area contributed by atoms with Crippen LogP contribution in [0.3, 0.4) is 0 Å². The van der Waals surface area contributed by atoms with E-state index in [1.807, 2.05) is 0 Å². The molecule has 1 unspecified atom stereocenters. The molecule has 1 atom stereocenters. The number of methoxy groups -OCH3 is 2. The number of nitrogens with one attached hydrogen (secondary N) is 1. The Labute approximate surface area is 148 Å². The zero-order valence-electron chi connectivity index (χ0n) is 14.3. The van der Waals surface area contributed by atoms with Crippen LogP contribution >= 0.6 is 0 Å². The van der Waals surface area contributed by atoms with Crippen LogP contribution in [0.2, 0.25) is 0 Å². The van der Waals surface area contributed by atoms with Gasteiger partial charge in [0.25, 0.3) is 5.91 Å². The van der Waals surface area contributed by atoms with Crippen molar-refractivity contribution in [2.24, 2.45) is 0 Å². The lowest BCUT2D eigenvalue weighted by Gasteiger charge is -2.13. The first-order valence-electron chi connectivity index (χ1n) is 7.27. The van der Waals surface area contributed by atoms with E-state index in [2.05, 4.69) is 10.1 Å². The molecule has 0 radical (unpaired) electrons. The first-order valence-corrected chi connectivity index (χ1v) is 7.27. The fourth-order valence-corrected chi connectivity index (χ4v) is 1.70. The number of nitrogens with zero attached hydrogens (tertiary/aromatic N) is 1. The molecule has 0 bridgehead atoms. The summed E-state index contributed by atoms with van der Waals surface area (Å²) in [4.78, 5) is 44.4. The molecule has 0 heterocycles. The highest BCUT2D eigenvalue weighted by molar-refractivity contribution is 5.86. The molecule has 0 fully saturated rings. The molecule has 0 aliphatic heterocycles. The average Bonchev–Trinajstić information content (AvgIpc) is 2.63. The van der Waals surface area contributed by atoms with Crippen LogP contribution in [0.4, 0.5) is 5.69 Å². The van der Waals surface area contributed by atoms with Gasteiger partial charge in [-0.25, -0.2) is 4.79 Å². The Morgan fingerprint density at radius 1 is 1.23 bits per heavy atom. The Bertz CT molecular complexity index is 690. The summed E-state index contributed by atoms with van der Waals surface area (Å²) >= 11 is 0. The third-order valence-corrected chi connectivity index (χ3v) is 3.02. The molecule has 1 aromatic rings. The van der Waals surface area contributed by atoms with E-state index < -0.39 is 35.5 Å². The summed E-state index contributed by atoms with van der Waals surface area (Å²) in [5, 5.41) is 13.0. The van der Waals surface area contributed by atoms with Crippen molar-refractivity contribution in [2.75, 3.05) is 27.4 Å². The molecular weight excluding hydrogens is 352 g/mol. The molecule has 142 valence electrons. The van der Waals surface area contributed by atoms with Crippen molar-refractivity contribution in [3.05, 3.63) is 28.3 Å².